The van der Waals surface area contributed by atoms with Crippen LogP contribution < -0.4 is 15.5 Å². The number of hydrogen-bond donors (Lipinski definition) is 3. The lowest BCUT2D eigenvalue weighted by atomic mass is 10.0. The summed E-state index contributed by atoms with van der Waals surface area (Å²) in [5, 5.41) is 14.1. The molecule has 0 spiro atoms. The minimum atomic E-state index is -0.291. The lowest BCUT2D eigenvalue weighted by molar-refractivity contribution is 0.229. The zero-order chi connectivity index (χ0) is 15.2. The highest BCUT2D eigenvalue weighted by Crippen LogP contribution is 2.24. The molecule has 0 saturated carbocycles. The number of amides is 2. The smallest absolute Gasteiger partial charge is 0.315 e. The van der Waals surface area contributed by atoms with Gasteiger partial charge >= 0.3 is 6.03 Å². The van der Waals surface area contributed by atoms with Crippen molar-refractivity contribution in [3.63, 3.8) is 0 Å². The number of benzene rings is 1. The van der Waals surface area contributed by atoms with E-state index < -0.39 is 0 Å². The molecule has 1 aliphatic rings. The molecule has 2 rings (SSSR count). The fraction of sp³-hybridized carbons (Fsp3) is 0.533. The van der Waals surface area contributed by atoms with Gasteiger partial charge in [0.1, 0.15) is 5.82 Å². The molecule has 1 aromatic rings. The van der Waals surface area contributed by atoms with Crippen LogP contribution in [0.3, 0.4) is 0 Å². The molecule has 0 aromatic heterocycles. The second-order valence-corrected chi connectivity index (χ2v) is 5.36. The van der Waals surface area contributed by atoms with Gasteiger partial charge in [-0.2, -0.15) is 0 Å². The number of anilines is 1. The quantitative estimate of drug-likeness (QED) is 0.786. The van der Waals surface area contributed by atoms with E-state index in [1.807, 2.05) is 17.9 Å². The average molecular weight is 295 g/mol. The maximum atomic E-state index is 13.9. The van der Waals surface area contributed by atoms with Crippen LogP contribution in [0.25, 0.3) is 0 Å². The number of nitrogens with one attached hydrogen (secondary N) is 2. The van der Waals surface area contributed by atoms with Crippen molar-refractivity contribution in [3.05, 3.63) is 29.6 Å². The zero-order valence-electron chi connectivity index (χ0n) is 12.2. The first kappa shape index (κ1) is 15.6. The Balaban J connectivity index is 1.97. The van der Waals surface area contributed by atoms with Gasteiger partial charge in [0.15, 0.2) is 0 Å². The van der Waals surface area contributed by atoms with Gasteiger partial charge in [-0.15, -0.1) is 0 Å². The van der Waals surface area contributed by atoms with Crippen LogP contribution in [-0.4, -0.2) is 43.4 Å². The van der Waals surface area contributed by atoms with E-state index in [4.69, 9.17) is 5.11 Å². The van der Waals surface area contributed by atoms with Crippen LogP contribution in [0.4, 0.5) is 14.9 Å². The van der Waals surface area contributed by atoms with Crippen LogP contribution >= 0.6 is 0 Å². The summed E-state index contributed by atoms with van der Waals surface area (Å²) in [4.78, 5) is 13.6. The molecule has 0 radical (unpaired) electrons. The van der Waals surface area contributed by atoms with Gasteiger partial charge in [-0.1, -0.05) is 6.07 Å². The van der Waals surface area contributed by atoms with Crippen LogP contribution in [0.5, 0.6) is 0 Å². The fourth-order valence-electron chi connectivity index (χ4n) is 2.58. The largest absolute Gasteiger partial charge is 0.395 e. The summed E-state index contributed by atoms with van der Waals surface area (Å²) < 4.78 is 13.9. The van der Waals surface area contributed by atoms with Gasteiger partial charge in [-0.05, 0) is 37.5 Å². The summed E-state index contributed by atoms with van der Waals surface area (Å²) in [5.74, 6) is -0.231. The van der Waals surface area contributed by atoms with Crippen LogP contribution in [0.1, 0.15) is 18.4 Å². The third-order valence-electron chi connectivity index (χ3n) is 3.60. The van der Waals surface area contributed by atoms with Gasteiger partial charge in [0.05, 0.1) is 12.3 Å². The van der Waals surface area contributed by atoms with E-state index in [2.05, 4.69) is 10.6 Å². The summed E-state index contributed by atoms with van der Waals surface area (Å²) in [6.07, 6.45) is 1.77. The van der Waals surface area contributed by atoms with E-state index in [9.17, 15) is 9.18 Å². The number of aryl methyl sites for hydroxylation is 1. The second-order valence-electron chi connectivity index (χ2n) is 5.36. The van der Waals surface area contributed by atoms with Crippen molar-refractivity contribution in [2.24, 2.45) is 0 Å². The topological polar surface area (TPSA) is 64.6 Å². The van der Waals surface area contributed by atoms with Crippen LogP contribution in [0, 0.1) is 12.7 Å². The molecule has 1 saturated heterocycles. The molecular formula is C15H22FN3O2. The number of urea groups is 1. The highest BCUT2D eigenvalue weighted by Gasteiger charge is 2.23. The van der Waals surface area contributed by atoms with E-state index >= 15 is 0 Å². The SMILES string of the molecule is Cc1ccc(F)c(N2CCCC(NC(=O)NCCO)C2)c1. The van der Waals surface area contributed by atoms with E-state index in [1.165, 1.54) is 6.07 Å². The summed E-state index contributed by atoms with van der Waals surface area (Å²) >= 11 is 0. The number of aliphatic hydroxyl groups excluding tert-OH is 1. The molecular weight excluding hydrogens is 273 g/mol. The molecule has 2 amide bonds. The predicted octanol–water partition coefficient (Wildman–Crippen LogP) is 1.39. The number of hydrogen-bond acceptors (Lipinski definition) is 3. The van der Waals surface area contributed by atoms with Crippen molar-refractivity contribution >= 4 is 11.7 Å². The predicted molar refractivity (Wildman–Crippen MR) is 80.0 cm³/mol. The number of nitrogens with zero attached hydrogens (tertiary/aromatic N) is 1. The zero-order valence-corrected chi connectivity index (χ0v) is 12.2. The molecule has 3 N–H and O–H groups in total. The highest BCUT2D eigenvalue weighted by molar-refractivity contribution is 5.74. The van der Waals surface area contributed by atoms with Crippen molar-refractivity contribution in [1.82, 2.24) is 10.6 Å². The minimum Gasteiger partial charge on any atom is -0.395 e. The standard InChI is InChI=1S/C15H22FN3O2/c1-11-4-5-13(16)14(9-11)19-7-2-3-12(10-19)18-15(21)17-6-8-20/h4-5,9,12,20H,2-3,6-8,10H2,1H3,(H2,17,18,21). The van der Waals surface area contributed by atoms with Crippen LogP contribution in [0.15, 0.2) is 18.2 Å². The van der Waals surface area contributed by atoms with E-state index in [1.54, 1.807) is 6.07 Å². The molecule has 6 heteroatoms. The third-order valence-corrected chi connectivity index (χ3v) is 3.60. The molecule has 5 nitrogen and oxygen atoms in total. The fourth-order valence-corrected chi connectivity index (χ4v) is 2.58. The van der Waals surface area contributed by atoms with Crippen molar-refractivity contribution < 1.29 is 14.3 Å². The minimum absolute atomic E-state index is 0.0163. The summed E-state index contributed by atoms with van der Waals surface area (Å²) in [5.41, 5.74) is 1.61. The van der Waals surface area contributed by atoms with Gasteiger partial charge in [0, 0.05) is 25.7 Å². The van der Waals surface area contributed by atoms with Gasteiger partial charge in [0.25, 0.3) is 0 Å². The second kappa shape index (κ2) is 7.26. The Bertz CT molecular complexity index is 496. The first-order valence-corrected chi connectivity index (χ1v) is 7.26. The van der Waals surface area contributed by atoms with Crippen LogP contribution in [0.2, 0.25) is 0 Å². The molecule has 0 aliphatic carbocycles. The average Bonchev–Trinajstić information content (AvgIpc) is 2.48. The lowest BCUT2D eigenvalue weighted by Gasteiger charge is -2.35. The Morgan fingerprint density at radius 1 is 1.52 bits per heavy atom. The summed E-state index contributed by atoms with van der Waals surface area (Å²) in [7, 11) is 0. The molecule has 1 aromatic carbocycles. The summed E-state index contributed by atoms with van der Waals surface area (Å²) in [6.45, 7) is 3.46. The molecule has 21 heavy (non-hydrogen) atoms. The molecule has 0 bridgehead atoms. The molecule has 1 heterocycles. The van der Waals surface area contributed by atoms with Gasteiger partial charge < -0.3 is 20.6 Å². The number of piperidine rings is 1. The van der Waals surface area contributed by atoms with Gasteiger partial charge in [-0.25, -0.2) is 9.18 Å². The number of carbonyl (C=O) groups is 1. The molecule has 1 atom stereocenters. The van der Waals surface area contributed by atoms with E-state index in [-0.39, 0.29) is 31.0 Å². The summed E-state index contributed by atoms with van der Waals surface area (Å²) in [6, 6.07) is 4.76. The third kappa shape index (κ3) is 4.32. The van der Waals surface area contributed by atoms with Crippen molar-refractivity contribution in [2.75, 3.05) is 31.1 Å². The Kier molecular flexibility index (Phi) is 5.38. The number of halogens is 1. The Hall–Kier alpha value is -1.82. The lowest BCUT2D eigenvalue weighted by Crippen LogP contribution is -2.51. The van der Waals surface area contributed by atoms with E-state index in [0.29, 0.717) is 12.2 Å². The maximum absolute atomic E-state index is 13.9. The van der Waals surface area contributed by atoms with Crippen molar-refractivity contribution in [3.8, 4) is 0 Å². The maximum Gasteiger partial charge on any atom is 0.315 e. The first-order valence-electron chi connectivity index (χ1n) is 7.26. The Morgan fingerprint density at radius 3 is 3.10 bits per heavy atom. The van der Waals surface area contributed by atoms with Gasteiger partial charge in [0.2, 0.25) is 0 Å². The molecule has 1 fully saturated rings. The molecule has 1 unspecified atom stereocenters. The number of carbonyl (C=O) groups excluding carboxylic acids is 1. The normalized spacial score (nSPS) is 18.4. The molecule has 1 aliphatic heterocycles. The Morgan fingerprint density at radius 2 is 2.33 bits per heavy atom. The van der Waals surface area contributed by atoms with E-state index in [0.717, 1.165) is 24.9 Å². The van der Waals surface area contributed by atoms with Gasteiger partial charge in [-0.3, -0.25) is 0 Å². The Labute approximate surface area is 124 Å². The highest BCUT2D eigenvalue weighted by atomic mass is 19.1. The number of rotatable bonds is 4. The monoisotopic (exact) mass is 295 g/mol. The van der Waals surface area contributed by atoms with Crippen molar-refractivity contribution in [2.45, 2.75) is 25.8 Å². The first-order chi connectivity index (χ1) is 10.1. The molecule has 116 valence electrons. The van der Waals surface area contributed by atoms with Crippen LogP contribution in [-0.2, 0) is 0 Å². The van der Waals surface area contributed by atoms with Crippen molar-refractivity contribution in [1.29, 1.82) is 0 Å². The number of aliphatic hydroxyl groups is 1.